The van der Waals surface area contributed by atoms with Crippen molar-refractivity contribution in [2.24, 2.45) is 11.8 Å². The number of hydrogen-bond acceptors (Lipinski definition) is 1. The zero-order valence-corrected chi connectivity index (χ0v) is 10.7. The second kappa shape index (κ2) is 4.81. The standard InChI is InChI=1S/C16H23N/c1-12(13-6-3-2-4-7-13)11-17-16-9-5-8-14-10-15(14)16/h2-4,6-7,12,14-17H,5,8-11H2,1H3/t12?,14-,15+,16?/m0/s1. The molecule has 1 aromatic rings. The summed E-state index contributed by atoms with van der Waals surface area (Å²) in [5.74, 6) is 2.73. The minimum atomic E-state index is 0.635. The largest absolute Gasteiger partial charge is 0.313 e. The van der Waals surface area contributed by atoms with E-state index in [0.29, 0.717) is 5.92 Å². The molecule has 1 heteroatoms. The molecule has 2 fully saturated rings. The van der Waals surface area contributed by atoms with E-state index >= 15 is 0 Å². The Labute approximate surface area is 105 Å². The van der Waals surface area contributed by atoms with Crippen molar-refractivity contribution in [1.29, 1.82) is 0 Å². The van der Waals surface area contributed by atoms with Crippen LogP contribution in [0.15, 0.2) is 30.3 Å². The highest BCUT2D eigenvalue weighted by molar-refractivity contribution is 5.19. The molecule has 0 heterocycles. The van der Waals surface area contributed by atoms with Crippen molar-refractivity contribution in [3.8, 4) is 0 Å². The zero-order chi connectivity index (χ0) is 11.7. The molecular formula is C16H23N. The van der Waals surface area contributed by atoms with Crippen molar-refractivity contribution >= 4 is 0 Å². The van der Waals surface area contributed by atoms with Crippen LogP contribution in [0.1, 0.15) is 44.1 Å². The quantitative estimate of drug-likeness (QED) is 0.832. The first-order chi connectivity index (χ1) is 8.34. The summed E-state index contributed by atoms with van der Waals surface area (Å²) in [6.45, 7) is 3.47. The van der Waals surface area contributed by atoms with E-state index in [1.165, 1.54) is 31.2 Å². The smallest absolute Gasteiger partial charge is 0.00983 e. The maximum absolute atomic E-state index is 3.81. The van der Waals surface area contributed by atoms with Gasteiger partial charge in [-0.1, -0.05) is 50.1 Å². The van der Waals surface area contributed by atoms with Crippen LogP contribution in [0.25, 0.3) is 0 Å². The van der Waals surface area contributed by atoms with E-state index in [0.717, 1.165) is 24.4 Å². The summed E-state index contributed by atoms with van der Waals surface area (Å²) in [5, 5.41) is 3.81. The molecule has 0 aromatic heterocycles. The first-order valence-electron chi connectivity index (χ1n) is 7.13. The maximum atomic E-state index is 3.81. The predicted octanol–water partition coefficient (Wildman–Crippen LogP) is 3.57. The average Bonchev–Trinajstić information content (AvgIpc) is 3.16. The Hall–Kier alpha value is -0.820. The number of benzene rings is 1. The lowest BCUT2D eigenvalue weighted by Gasteiger charge is -2.24. The average molecular weight is 229 g/mol. The summed E-state index contributed by atoms with van der Waals surface area (Å²) in [5.41, 5.74) is 1.46. The van der Waals surface area contributed by atoms with Crippen LogP contribution >= 0.6 is 0 Å². The second-order valence-corrected chi connectivity index (χ2v) is 5.92. The van der Waals surface area contributed by atoms with E-state index in [-0.39, 0.29) is 0 Å². The fourth-order valence-electron chi connectivity index (χ4n) is 3.39. The molecule has 2 unspecified atom stereocenters. The summed E-state index contributed by atoms with van der Waals surface area (Å²) in [4.78, 5) is 0. The molecule has 1 aromatic carbocycles. The molecule has 17 heavy (non-hydrogen) atoms. The number of nitrogens with one attached hydrogen (secondary N) is 1. The van der Waals surface area contributed by atoms with Crippen LogP contribution in [0.2, 0.25) is 0 Å². The van der Waals surface area contributed by atoms with Crippen molar-refractivity contribution in [1.82, 2.24) is 5.32 Å². The highest BCUT2D eigenvalue weighted by Gasteiger charge is 2.44. The van der Waals surface area contributed by atoms with Gasteiger partial charge in [-0.3, -0.25) is 0 Å². The topological polar surface area (TPSA) is 12.0 Å². The summed E-state index contributed by atoms with van der Waals surface area (Å²) < 4.78 is 0. The van der Waals surface area contributed by atoms with Crippen molar-refractivity contribution in [3.05, 3.63) is 35.9 Å². The van der Waals surface area contributed by atoms with Gasteiger partial charge in [-0.05, 0) is 36.2 Å². The van der Waals surface area contributed by atoms with Crippen LogP contribution in [-0.2, 0) is 0 Å². The van der Waals surface area contributed by atoms with Gasteiger partial charge in [-0.25, -0.2) is 0 Å². The molecule has 2 aliphatic carbocycles. The Morgan fingerprint density at radius 1 is 1.24 bits per heavy atom. The summed E-state index contributed by atoms with van der Waals surface area (Å²) in [6.07, 6.45) is 5.84. The lowest BCUT2D eigenvalue weighted by Crippen LogP contribution is -2.35. The third-order valence-electron chi connectivity index (χ3n) is 4.64. The molecule has 0 aliphatic heterocycles. The molecule has 0 saturated heterocycles. The number of rotatable bonds is 4. The van der Waals surface area contributed by atoms with Crippen LogP contribution in [0.5, 0.6) is 0 Å². The monoisotopic (exact) mass is 229 g/mol. The molecule has 1 N–H and O–H groups in total. The lowest BCUT2D eigenvalue weighted by molar-refractivity contribution is 0.348. The van der Waals surface area contributed by atoms with Gasteiger partial charge in [0.15, 0.2) is 0 Å². The zero-order valence-electron chi connectivity index (χ0n) is 10.7. The van der Waals surface area contributed by atoms with Crippen molar-refractivity contribution < 1.29 is 0 Å². The van der Waals surface area contributed by atoms with E-state index in [9.17, 15) is 0 Å². The van der Waals surface area contributed by atoms with Crippen LogP contribution in [-0.4, -0.2) is 12.6 Å². The Morgan fingerprint density at radius 3 is 2.88 bits per heavy atom. The number of hydrogen-bond donors (Lipinski definition) is 1. The lowest BCUT2D eigenvalue weighted by atomic mass is 9.94. The Morgan fingerprint density at radius 2 is 2.06 bits per heavy atom. The molecule has 4 atom stereocenters. The molecule has 0 bridgehead atoms. The fourth-order valence-corrected chi connectivity index (χ4v) is 3.39. The second-order valence-electron chi connectivity index (χ2n) is 5.92. The third-order valence-corrected chi connectivity index (χ3v) is 4.64. The minimum Gasteiger partial charge on any atom is -0.313 e. The molecular weight excluding hydrogens is 206 g/mol. The van der Waals surface area contributed by atoms with E-state index < -0.39 is 0 Å². The first kappa shape index (κ1) is 11.3. The van der Waals surface area contributed by atoms with Gasteiger partial charge in [0, 0.05) is 12.6 Å². The first-order valence-corrected chi connectivity index (χ1v) is 7.13. The van der Waals surface area contributed by atoms with E-state index in [2.05, 4.69) is 42.6 Å². The normalized spacial score (nSPS) is 32.9. The maximum Gasteiger partial charge on any atom is 0.00983 e. The van der Waals surface area contributed by atoms with Crippen LogP contribution in [0.3, 0.4) is 0 Å². The molecule has 0 radical (unpaired) electrons. The van der Waals surface area contributed by atoms with Crippen LogP contribution in [0, 0.1) is 11.8 Å². The van der Waals surface area contributed by atoms with Gasteiger partial charge in [0.25, 0.3) is 0 Å². The van der Waals surface area contributed by atoms with E-state index in [1.54, 1.807) is 0 Å². The van der Waals surface area contributed by atoms with Gasteiger partial charge >= 0.3 is 0 Å². The van der Waals surface area contributed by atoms with Gasteiger partial charge in [0.05, 0.1) is 0 Å². The molecule has 0 amide bonds. The van der Waals surface area contributed by atoms with Gasteiger partial charge in [0.2, 0.25) is 0 Å². The molecule has 2 saturated carbocycles. The Kier molecular flexibility index (Phi) is 3.19. The highest BCUT2D eigenvalue weighted by Crippen LogP contribution is 2.49. The summed E-state index contributed by atoms with van der Waals surface area (Å²) >= 11 is 0. The Bertz CT molecular complexity index is 359. The van der Waals surface area contributed by atoms with Gasteiger partial charge in [-0.15, -0.1) is 0 Å². The SMILES string of the molecule is CC(CNC1CCC[C@H]2C[C@@H]12)c1ccccc1. The third kappa shape index (κ3) is 2.55. The summed E-state index contributed by atoms with van der Waals surface area (Å²) in [6, 6.07) is 11.7. The molecule has 0 spiro atoms. The van der Waals surface area contributed by atoms with Gasteiger partial charge < -0.3 is 5.32 Å². The molecule has 2 aliphatic rings. The van der Waals surface area contributed by atoms with E-state index in [4.69, 9.17) is 0 Å². The van der Waals surface area contributed by atoms with Crippen molar-refractivity contribution in [2.45, 2.75) is 44.6 Å². The summed E-state index contributed by atoms with van der Waals surface area (Å²) in [7, 11) is 0. The van der Waals surface area contributed by atoms with Crippen molar-refractivity contribution in [2.75, 3.05) is 6.54 Å². The van der Waals surface area contributed by atoms with Crippen molar-refractivity contribution in [3.63, 3.8) is 0 Å². The van der Waals surface area contributed by atoms with E-state index in [1.807, 2.05) is 0 Å². The highest BCUT2D eigenvalue weighted by atomic mass is 14.9. The van der Waals surface area contributed by atoms with Gasteiger partial charge in [0.1, 0.15) is 0 Å². The number of fused-ring (bicyclic) bond motifs is 1. The van der Waals surface area contributed by atoms with Crippen LogP contribution in [0.4, 0.5) is 0 Å². The predicted molar refractivity (Wildman–Crippen MR) is 72.1 cm³/mol. The van der Waals surface area contributed by atoms with Gasteiger partial charge in [-0.2, -0.15) is 0 Å². The fraction of sp³-hybridized carbons (Fsp3) is 0.625. The Balaban J connectivity index is 1.51. The molecule has 1 nitrogen and oxygen atoms in total. The van der Waals surface area contributed by atoms with Crippen LogP contribution < -0.4 is 5.32 Å². The molecule has 92 valence electrons. The molecule has 3 rings (SSSR count). The minimum absolute atomic E-state index is 0.635.